The smallest absolute Gasteiger partial charge is 0.421 e. The molecule has 1 amide bonds. The lowest BCUT2D eigenvalue weighted by Crippen LogP contribution is -2.45. The molecule has 1 aromatic heterocycles. The first-order chi connectivity index (χ1) is 20.1. The second-order valence-corrected chi connectivity index (χ2v) is 10.1. The van der Waals surface area contributed by atoms with Crippen LogP contribution in [0.2, 0.25) is 0 Å². The Balaban J connectivity index is 1.41. The highest BCUT2D eigenvalue weighted by Crippen LogP contribution is 2.39. The minimum Gasteiger partial charge on any atom is -0.492 e. The van der Waals surface area contributed by atoms with Gasteiger partial charge in [-0.2, -0.15) is 18.2 Å². The Kier molecular flexibility index (Phi) is 8.39. The number of anilines is 5. The number of nitrogens with zero attached hydrogens (tertiary/aromatic N) is 4. The summed E-state index contributed by atoms with van der Waals surface area (Å²) in [5.41, 5.74) is 0.508. The topological polar surface area (TPSA) is 94.7 Å². The van der Waals surface area contributed by atoms with E-state index in [1.54, 1.807) is 24.3 Å². The van der Waals surface area contributed by atoms with Crippen LogP contribution in [-0.2, 0) is 12.7 Å². The van der Waals surface area contributed by atoms with E-state index in [-0.39, 0.29) is 35.2 Å². The molecule has 13 heteroatoms. The molecule has 2 aromatic carbocycles. The number of piperidine rings is 1. The van der Waals surface area contributed by atoms with Crippen LogP contribution in [0.25, 0.3) is 0 Å². The zero-order valence-electron chi connectivity index (χ0n) is 23.6. The summed E-state index contributed by atoms with van der Waals surface area (Å²) in [4.78, 5) is 24.6. The van der Waals surface area contributed by atoms with Crippen LogP contribution in [-0.4, -0.2) is 60.1 Å². The van der Waals surface area contributed by atoms with Crippen LogP contribution < -0.4 is 25.6 Å². The molecule has 0 spiro atoms. The van der Waals surface area contributed by atoms with Gasteiger partial charge in [-0.05, 0) is 49.7 Å². The first-order valence-corrected chi connectivity index (χ1v) is 13.9. The molecule has 0 unspecified atom stereocenters. The van der Waals surface area contributed by atoms with Crippen LogP contribution in [0.4, 0.5) is 46.4 Å². The molecule has 0 saturated carbocycles. The van der Waals surface area contributed by atoms with Gasteiger partial charge in [0.15, 0.2) is 11.6 Å². The summed E-state index contributed by atoms with van der Waals surface area (Å²) in [5, 5.41) is 8.12. The number of carbonyl (C=O) groups is 1. The van der Waals surface area contributed by atoms with E-state index in [2.05, 4.69) is 44.7 Å². The third-order valence-electron chi connectivity index (χ3n) is 7.83. The van der Waals surface area contributed by atoms with E-state index in [1.807, 2.05) is 4.90 Å². The fourth-order valence-corrected chi connectivity index (χ4v) is 5.68. The van der Waals surface area contributed by atoms with Gasteiger partial charge in [-0.3, -0.25) is 4.79 Å². The van der Waals surface area contributed by atoms with Crippen molar-refractivity contribution in [1.29, 1.82) is 0 Å². The monoisotopic (exact) mass is 587 g/mol. The molecular weight excluding hydrogens is 554 g/mol. The van der Waals surface area contributed by atoms with E-state index in [0.29, 0.717) is 36.6 Å². The Bertz CT molecular complexity index is 1450. The van der Waals surface area contributed by atoms with Crippen molar-refractivity contribution in [2.75, 3.05) is 48.8 Å². The zero-order valence-corrected chi connectivity index (χ0v) is 23.6. The number of fused-ring (bicyclic) bond motifs is 1. The third-order valence-corrected chi connectivity index (χ3v) is 7.83. The number of alkyl halides is 3. The summed E-state index contributed by atoms with van der Waals surface area (Å²) in [5.74, 6) is -1.85. The largest absolute Gasteiger partial charge is 0.492 e. The number of aromatic nitrogens is 2. The number of rotatable bonds is 9. The number of carbonyl (C=O) groups excluding carboxylic acids is 1. The fraction of sp³-hybridized carbons (Fsp3) is 0.414. The SMILES string of the molecule is CCN(CC)C1CCN(c2ccc(Nc3ncc(C(F)(F)F)c(Nc4cccc5c4C(=O)NC5)n3)c(OC)c2F)CC1. The number of hydrogen-bond donors (Lipinski definition) is 3. The Hall–Kier alpha value is -4.13. The highest BCUT2D eigenvalue weighted by Gasteiger charge is 2.36. The number of amides is 1. The third kappa shape index (κ3) is 5.78. The lowest BCUT2D eigenvalue weighted by molar-refractivity contribution is -0.137. The number of nitrogens with one attached hydrogen (secondary N) is 3. The summed E-state index contributed by atoms with van der Waals surface area (Å²) >= 11 is 0. The summed E-state index contributed by atoms with van der Waals surface area (Å²) < 4.78 is 62.7. The second kappa shape index (κ2) is 12.0. The predicted octanol–water partition coefficient (Wildman–Crippen LogP) is 5.68. The number of methoxy groups -OCH3 is 1. The molecule has 5 rings (SSSR count). The molecule has 0 bridgehead atoms. The van der Waals surface area contributed by atoms with E-state index in [0.717, 1.165) is 25.9 Å². The van der Waals surface area contributed by atoms with Crippen molar-refractivity contribution < 1.29 is 27.1 Å². The van der Waals surface area contributed by atoms with Crippen LogP contribution in [0.3, 0.4) is 0 Å². The van der Waals surface area contributed by atoms with Gasteiger partial charge in [0.25, 0.3) is 5.91 Å². The van der Waals surface area contributed by atoms with E-state index >= 15 is 4.39 Å². The van der Waals surface area contributed by atoms with Gasteiger partial charge in [0.2, 0.25) is 5.95 Å². The van der Waals surface area contributed by atoms with Crippen molar-refractivity contribution in [2.24, 2.45) is 0 Å². The van der Waals surface area contributed by atoms with Gasteiger partial charge in [0, 0.05) is 31.9 Å². The van der Waals surface area contributed by atoms with Crippen molar-refractivity contribution in [3.8, 4) is 5.75 Å². The standard InChI is InChI=1S/C29H33F4N7O2/c1-4-39(5-2)18-11-13-40(14-12-18)22-10-9-21(25(42-3)24(22)30)37-28-35-16-19(29(31,32)33)26(38-28)36-20-8-6-7-17-15-34-27(41)23(17)20/h6-10,16,18H,4-5,11-15H2,1-3H3,(H,34,41)(H2,35,36,37,38). The van der Waals surface area contributed by atoms with Gasteiger partial charge >= 0.3 is 6.18 Å². The Labute approximate surface area is 241 Å². The first kappa shape index (κ1) is 29.4. The molecule has 0 aliphatic carbocycles. The zero-order chi connectivity index (χ0) is 30.0. The fourth-order valence-electron chi connectivity index (χ4n) is 5.68. The molecule has 2 aliphatic rings. The highest BCUT2D eigenvalue weighted by atomic mass is 19.4. The van der Waals surface area contributed by atoms with Crippen molar-refractivity contribution in [2.45, 2.75) is 45.5 Å². The number of hydrogen-bond acceptors (Lipinski definition) is 8. The van der Waals surface area contributed by atoms with Gasteiger partial charge in [-0.1, -0.05) is 26.0 Å². The molecule has 42 heavy (non-hydrogen) atoms. The quantitative estimate of drug-likeness (QED) is 0.275. The van der Waals surface area contributed by atoms with E-state index in [4.69, 9.17) is 4.74 Å². The summed E-state index contributed by atoms with van der Waals surface area (Å²) in [6.45, 7) is 7.86. The van der Waals surface area contributed by atoms with Crippen molar-refractivity contribution in [3.05, 3.63) is 59.0 Å². The Morgan fingerprint density at radius 2 is 1.83 bits per heavy atom. The summed E-state index contributed by atoms with van der Waals surface area (Å²) in [6.07, 6.45) is -2.32. The molecule has 9 nitrogen and oxygen atoms in total. The number of benzene rings is 2. The van der Waals surface area contributed by atoms with E-state index < -0.39 is 29.3 Å². The molecule has 224 valence electrons. The molecule has 1 fully saturated rings. The number of halogens is 4. The highest BCUT2D eigenvalue weighted by molar-refractivity contribution is 6.04. The lowest BCUT2D eigenvalue weighted by Gasteiger charge is -2.39. The summed E-state index contributed by atoms with van der Waals surface area (Å²) in [7, 11) is 1.32. The average molecular weight is 588 g/mol. The van der Waals surface area contributed by atoms with Gasteiger partial charge in [-0.25, -0.2) is 9.37 Å². The predicted molar refractivity (Wildman–Crippen MR) is 152 cm³/mol. The van der Waals surface area contributed by atoms with Crippen LogP contribution in [0.15, 0.2) is 36.5 Å². The molecule has 3 N–H and O–H groups in total. The molecule has 3 aromatic rings. The maximum atomic E-state index is 15.7. The van der Waals surface area contributed by atoms with E-state index in [1.165, 1.54) is 13.2 Å². The molecule has 0 radical (unpaired) electrons. The van der Waals surface area contributed by atoms with Crippen LogP contribution in [0, 0.1) is 5.82 Å². The molecule has 0 atom stereocenters. The minimum atomic E-state index is -4.77. The van der Waals surface area contributed by atoms with Crippen LogP contribution >= 0.6 is 0 Å². The molecule has 1 saturated heterocycles. The van der Waals surface area contributed by atoms with Gasteiger partial charge in [0.05, 0.1) is 29.7 Å². The molecule has 3 heterocycles. The second-order valence-electron chi connectivity index (χ2n) is 10.1. The van der Waals surface area contributed by atoms with Crippen LogP contribution in [0.5, 0.6) is 5.75 Å². The van der Waals surface area contributed by atoms with Gasteiger partial charge in [-0.15, -0.1) is 0 Å². The maximum Gasteiger partial charge on any atom is 0.421 e. The minimum absolute atomic E-state index is 0.103. The first-order valence-electron chi connectivity index (χ1n) is 13.9. The Morgan fingerprint density at radius 3 is 2.50 bits per heavy atom. The maximum absolute atomic E-state index is 15.7. The molecule has 2 aliphatic heterocycles. The normalized spacial score (nSPS) is 15.5. The van der Waals surface area contributed by atoms with Gasteiger partial charge < -0.3 is 30.5 Å². The average Bonchev–Trinajstić information content (AvgIpc) is 3.35. The van der Waals surface area contributed by atoms with Crippen LogP contribution in [0.1, 0.15) is 48.2 Å². The van der Waals surface area contributed by atoms with Crippen molar-refractivity contribution >= 4 is 34.7 Å². The van der Waals surface area contributed by atoms with E-state index in [9.17, 15) is 18.0 Å². The van der Waals surface area contributed by atoms with Crippen molar-refractivity contribution in [3.63, 3.8) is 0 Å². The lowest BCUT2D eigenvalue weighted by atomic mass is 10.0. The number of ether oxygens (including phenoxy) is 1. The summed E-state index contributed by atoms with van der Waals surface area (Å²) in [6, 6.07) is 8.52. The van der Waals surface area contributed by atoms with Gasteiger partial charge in [0.1, 0.15) is 11.4 Å². The van der Waals surface area contributed by atoms with Crippen molar-refractivity contribution in [1.82, 2.24) is 20.2 Å². The molecular formula is C29H33F4N7O2. The Morgan fingerprint density at radius 1 is 1.10 bits per heavy atom.